The van der Waals surface area contributed by atoms with Crippen LogP contribution in [-0.2, 0) is 0 Å². The Bertz CT molecular complexity index is 11100. The first-order valence-corrected chi connectivity index (χ1v) is 51.8. The van der Waals surface area contributed by atoms with Crippen LogP contribution < -0.4 is 0 Å². The highest BCUT2D eigenvalue weighted by atomic mass is 15.0. The average Bonchev–Trinajstić information content (AvgIpc) is 1.55. The standard InChI is InChI=1S/3C48H30N2/c1-2-15-36(16-3-1)49-42-21-11-10-20-40(42)41-29-33(24-25-43(41)49)35-28-34-14-6-7-17-37(34)46(30-35)50-44-26-22-31-12-4-8-18-38(31)47(44)48-39-19-9-5-13-32(39)23-27-45(48)50;1-2-13-36(14-3-1)49-42-26-23-35(30-41(42)46-38-15-7-4-10-32(38)20-27-43(46)49)31-18-24-37(25-19-31)50-44-28-21-33-11-5-8-16-39(33)47(44)48-40-17-9-6-12-34(40)22-29-45(48)50;1-2-13-36(14-3-1)50-43-27-23-35(30-42(43)41-26-20-34-12-6-9-17-40(34)48(41)50)31-18-24-37(25-19-31)49-44-28-21-32-10-4-7-15-38(32)46(44)47-39-16-8-5-11-33(39)22-29-45(47)49/h3*1-30H. The molecule has 0 unspecified atom stereocenters. The molecule has 150 heavy (non-hydrogen) atoms. The van der Waals surface area contributed by atoms with E-state index in [0.29, 0.717) is 0 Å². The van der Waals surface area contributed by atoms with Crippen LogP contribution in [-0.4, -0.2) is 27.4 Å². The molecule has 0 fully saturated rings. The van der Waals surface area contributed by atoms with Gasteiger partial charge in [0.1, 0.15) is 0 Å². The van der Waals surface area contributed by atoms with E-state index in [1.165, 1.54) is 284 Å². The molecule has 0 aliphatic rings. The minimum atomic E-state index is 1.16. The Balaban J connectivity index is 0.000000101. The van der Waals surface area contributed by atoms with Crippen molar-refractivity contribution < 1.29 is 0 Å². The zero-order chi connectivity index (χ0) is 98.3. The van der Waals surface area contributed by atoms with E-state index in [1.54, 1.807) is 0 Å². The first-order chi connectivity index (χ1) is 74.4. The predicted molar refractivity (Wildman–Crippen MR) is 639 cm³/mol. The van der Waals surface area contributed by atoms with Gasteiger partial charge in [0.15, 0.2) is 0 Å². The zero-order valence-corrected chi connectivity index (χ0v) is 81.6. The van der Waals surface area contributed by atoms with Crippen molar-refractivity contribution in [2.24, 2.45) is 0 Å². The molecule has 0 bridgehead atoms. The van der Waals surface area contributed by atoms with E-state index in [1.807, 2.05) is 0 Å². The zero-order valence-electron chi connectivity index (χ0n) is 81.6. The van der Waals surface area contributed by atoms with E-state index < -0.39 is 0 Å². The van der Waals surface area contributed by atoms with Crippen molar-refractivity contribution in [2.45, 2.75) is 0 Å². The van der Waals surface area contributed by atoms with Gasteiger partial charge in [-0.15, -0.1) is 0 Å². The van der Waals surface area contributed by atoms with Crippen molar-refractivity contribution in [1.29, 1.82) is 0 Å². The van der Waals surface area contributed by atoms with Crippen molar-refractivity contribution in [3.05, 3.63) is 546 Å². The summed E-state index contributed by atoms with van der Waals surface area (Å²) in [6, 6.07) is 200. The van der Waals surface area contributed by atoms with E-state index >= 15 is 0 Å². The summed E-state index contributed by atoms with van der Waals surface area (Å²) in [5.41, 5.74) is 29.0. The quantitative estimate of drug-likeness (QED) is 0.138. The molecular formula is C144H90N6. The highest BCUT2D eigenvalue weighted by Crippen LogP contribution is 2.50. The van der Waals surface area contributed by atoms with Crippen molar-refractivity contribution in [3.8, 4) is 67.5 Å². The minimum absolute atomic E-state index is 1.16. The number of nitrogens with zero attached hydrogens (tertiary/aromatic N) is 6. The molecule has 0 radical (unpaired) electrons. The lowest BCUT2D eigenvalue weighted by Crippen LogP contribution is -1.97. The van der Waals surface area contributed by atoms with Crippen LogP contribution in [0.15, 0.2) is 546 Å². The summed E-state index contributed by atoms with van der Waals surface area (Å²) in [6.07, 6.45) is 0. The van der Waals surface area contributed by atoms with Crippen LogP contribution in [0.25, 0.3) is 295 Å². The maximum atomic E-state index is 2.51. The van der Waals surface area contributed by atoms with Crippen LogP contribution >= 0.6 is 0 Å². The van der Waals surface area contributed by atoms with E-state index in [9.17, 15) is 0 Å². The van der Waals surface area contributed by atoms with Gasteiger partial charge in [-0.3, -0.25) is 0 Å². The molecule has 0 amide bonds. The Morgan fingerprint density at radius 1 is 0.100 bits per heavy atom. The fourth-order valence-electron chi connectivity index (χ4n) is 25.3. The molecule has 0 atom stereocenters. The molecule has 6 aromatic heterocycles. The molecule has 696 valence electrons. The van der Waals surface area contributed by atoms with E-state index in [4.69, 9.17) is 0 Å². The van der Waals surface area contributed by atoms with Crippen molar-refractivity contribution in [1.82, 2.24) is 27.4 Å². The van der Waals surface area contributed by atoms with Crippen LogP contribution in [0.4, 0.5) is 0 Å². The van der Waals surface area contributed by atoms with Crippen LogP contribution in [0.2, 0.25) is 0 Å². The first kappa shape index (κ1) is 84.6. The third-order valence-corrected chi connectivity index (χ3v) is 32.0. The highest BCUT2D eigenvalue weighted by molar-refractivity contribution is 6.33. The smallest absolute Gasteiger partial charge is 0.0619 e. The number of rotatable bonds is 9. The van der Waals surface area contributed by atoms with Gasteiger partial charge in [-0.1, -0.05) is 388 Å². The lowest BCUT2D eigenvalue weighted by molar-refractivity contribution is 1.18. The minimum Gasteiger partial charge on any atom is -0.309 e. The molecule has 0 aliphatic heterocycles. The summed E-state index contributed by atoms with van der Waals surface area (Å²) in [7, 11) is 0. The Kier molecular flexibility index (Phi) is 19.1. The van der Waals surface area contributed by atoms with Crippen LogP contribution in [0, 0.1) is 0 Å². The van der Waals surface area contributed by atoms with Gasteiger partial charge in [-0.2, -0.15) is 0 Å². The number of benzene rings is 27. The Labute approximate surface area is 862 Å². The van der Waals surface area contributed by atoms with Gasteiger partial charge in [0, 0.05) is 104 Å². The number of hydrogen-bond acceptors (Lipinski definition) is 0. The maximum Gasteiger partial charge on any atom is 0.0619 e. The van der Waals surface area contributed by atoms with Gasteiger partial charge in [0.2, 0.25) is 0 Å². The summed E-state index contributed by atoms with van der Waals surface area (Å²) in [4.78, 5) is 0. The fraction of sp³-hybridized carbons (Fsp3) is 0. The summed E-state index contributed by atoms with van der Waals surface area (Å²) >= 11 is 0. The van der Waals surface area contributed by atoms with Gasteiger partial charge in [-0.25, -0.2) is 0 Å². The van der Waals surface area contributed by atoms with Crippen LogP contribution in [0.3, 0.4) is 0 Å². The molecule has 33 rings (SSSR count). The normalized spacial score (nSPS) is 12.0. The molecule has 6 heteroatoms. The number of aromatic nitrogens is 6. The van der Waals surface area contributed by atoms with Gasteiger partial charge in [0.05, 0.1) is 71.9 Å². The van der Waals surface area contributed by atoms with Crippen LogP contribution in [0.5, 0.6) is 0 Å². The molecule has 27 aromatic carbocycles. The van der Waals surface area contributed by atoms with Gasteiger partial charge in [0.25, 0.3) is 0 Å². The Hall–Kier alpha value is -19.9. The molecule has 0 saturated heterocycles. The van der Waals surface area contributed by atoms with Crippen molar-refractivity contribution in [2.75, 3.05) is 0 Å². The molecule has 0 aliphatic carbocycles. The third-order valence-electron chi connectivity index (χ3n) is 32.0. The first-order valence-electron chi connectivity index (χ1n) is 51.8. The number of fused-ring (bicyclic) bond motifs is 35. The summed E-state index contributed by atoms with van der Waals surface area (Å²) < 4.78 is 14.6. The second-order valence-corrected chi connectivity index (χ2v) is 40.0. The second kappa shape index (κ2) is 33.9. The van der Waals surface area contributed by atoms with Crippen molar-refractivity contribution >= 4 is 228 Å². The van der Waals surface area contributed by atoms with Crippen LogP contribution in [0.1, 0.15) is 0 Å². The lowest BCUT2D eigenvalue weighted by Gasteiger charge is -2.15. The predicted octanol–water partition coefficient (Wildman–Crippen LogP) is 39.0. The summed E-state index contributed by atoms with van der Waals surface area (Å²) in [5, 5.41) is 38.3. The largest absolute Gasteiger partial charge is 0.309 e. The van der Waals surface area contributed by atoms with Gasteiger partial charge < -0.3 is 27.4 Å². The highest BCUT2D eigenvalue weighted by Gasteiger charge is 2.27. The van der Waals surface area contributed by atoms with E-state index in [2.05, 4.69) is 573 Å². The number of para-hydroxylation sites is 4. The molecular weight excluding hydrogens is 1810 g/mol. The maximum absolute atomic E-state index is 2.51. The number of hydrogen-bond donors (Lipinski definition) is 0. The Morgan fingerprint density at radius 3 is 0.740 bits per heavy atom. The molecule has 0 spiro atoms. The van der Waals surface area contributed by atoms with Gasteiger partial charge in [-0.05, 0) is 277 Å². The SMILES string of the molecule is c1ccc(-n2c3ccc(-c4ccc(-n5c6ccc7ccccc7c6c6c7ccccc7ccc65)cc4)cc3c3c4ccccc4ccc32)cc1.c1ccc(-n2c3ccc(-c4ccc(-n5c6ccc7ccccc7c6c6c7ccccc7ccc65)cc4)cc3c3ccc4ccccc4c32)cc1.c1ccc(-n2c3ccccc3c3cc(-c4cc(-n5c6ccc7ccccc7c6c6c7ccccc7ccc65)c5ccccc5c4)ccc32)cc1. The lowest BCUT2D eigenvalue weighted by atomic mass is 9.98. The third kappa shape index (κ3) is 13.1. The second-order valence-electron chi connectivity index (χ2n) is 40.0. The average molecular weight is 1900 g/mol. The Morgan fingerprint density at radius 2 is 0.340 bits per heavy atom. The molecule has 6 heterocycles. The molecule has 0 N–H and O–H groups in total. The summed E-state index contributed by atoms with van der Waals surface area (Å²) in [6.45, 7) is 0. The van der Waals surface area contributed by atoms with Gasteiger partial charge >= 0.3 is 0 Å². The molecule has 33 aromatic rings. The fourth-order valence-corrected chi connectivity index (χ4v) is 25.3. The monoisotopic (exact) mass is 1900 g/mol. The van der Waals surface area contributed by atoms with E-state index in [-0.39, 0.29) is 0 Å². The van der Waals surface area contributed by atoms with Crippen molar-refractivity contribution in [3.63, 3.8) is 0 Å². The topological polar surface area (TPSA) is 29.6 Å². The van der Waals surface area contributed by atoms with E-state index in [0.717, 1.165) is 11.4 Å². The molecule has 0 saturated carbocycles. The molecule has 6 nitrogen and oxygen atoms in total. The summed E-state index contributed by atoms with van der Waals surface area (Å²) in [5.74, 6) is 0.